The summed E-state index contributed by atoms with van der Waals surface area (Å²) in [5.41, 5.74) is 10.9. The number of hydrogen-bond acceptors (Lipinski definition) is 4. The number of carbonyl (C=O) groups is 1. The van der Waals surface area contributed by atoms with Crippen LogP contribution in [0.15, 0.2) is 0 Å². The summed E-state index contributed by atoms with van der Waals surface area (Å²) in [5.74, 6) is -0.220. The number of hydrogen-bond donors (Lipinski definition) is 2. The van der Waals surface area contributed by atoms with Crippen LogP contribution in [0.4, 0.5) is 0 Å². The SMILES string of the molecule is C[C@H](CCCCN1CCOCC1)[C@@H](N)C(N)=O. The van der Waals surface area contributed by atoms with Crippen molar-refractivity contribution in [2.75, 3.05) is 32.8 Å². The summed E-state index contributed by atoms with van der Waals surface area (Å²) in [4.78, 5) is 13.3. The van der Waals surface area contributed by atoms with Crippen molar-refractivity contribution < 1.29 is 9.53 Å². The lowest BCUT2D eigenvalue weighted by molar-refractivity contribution is -0.120. The summed E-state index contributed by atoms with van der Waals surface area (Å²) < 4.78 is 5.29. The van der Waals surface area contributed by atoms with Gasteiger partial charge < -0.3 is 16.2 Å². The van der Waals surface area contributed by atoms with Crippen molar-refractivity contribution in [3.8, 4) is 0 Å². The van der Waals surface area contributed by atoms with Crippen LogP contribution in [0.2, 0.25) is 0 Å². The van der Waals surface area contributed by atoms with Gasteiger partial charge in [-0.05, 0) is 25.3 Å². The summed E-state index contributed by atoms with van der Waals surface area (Å²) in [6.07, 6.45) is 3.21. The van der Waals surface area contributed by atoms with Crippen molar-refractivity contribution in [2.24, 2.45) is 17.4 Å². The van der Waals surface area contributed by atoms with Gasteiger partial charge in [0.05, 0.1) is 19.3 Å². The molecule has 0 saturated carbocycles. The van der Waals surface area contributed by atoms with Gasteiger partial charge in [0.25, 0.3) is 0 Å². The van der Waals surface area contributed by atoms with Gasteiger partial charge in [-0.1, -0.05) is 13.3 Å². The molecule has 0 aromatic rings. The number of ether oxygens (including phenoxy) is 1. The maximum atomic E-state index is 10.9. The maximum Gasteiger partial charge on any atom is 0.234 e. The molecular weight excluding hydrogens is 218 g/mol. The van der Waals surface area contributed by atoms with E-state index < -0.39 is 11.9 Å². The van der Waals surface area contributed by atoms with E-state index in [9.17, 15) is 4.79 Å². The molecule has 17 heavy (non-hydrogen) atoms. The van der Waals surface area contributed by atoms with Gasteiger partial charge in [0, 0.05) is 13.1 Å². The van der Waals surface area contributed by atoms with E-state index in [2.05, 4.69) is 4.90 Å². The highest BCUT2D eigenvalue weighted by molar-refractivity contribution is 5.79. The Balaban J connectivity index is 2.04. The third-order valence-corrected chi connectivity index (χ3v) is 3.43. The van der Waals surface area contributed by atoms with Crippen LogP contribution in [0.3, 0.4) is 0 Å². The lowest BCUT2D eigenvalue weighted by Crippen LogP contribution is -2.41. The topological polar surface area (TPSA) is 81.6 Å². The molecule has 1 amide bonds. The molecule has 0 bridgehead atoms. The van der Waals surface area contributed by atoms with Crippen molar-refractivity contribution in [2.45, 2.75) is 32.2 Å². The van der Waals surface area contributed by atoms with E-state index in [4.69, 9.17) is 16.2 Å². The molecule has 1 fully saturated rings. The lowest BCUT2D eigenvalue weighted by atomic mass is 9.96. The number of primary amides is 1. The monoisotopic (exact) mass is 243 g/mol. The fourth-order valence-electron chi connectivity index (χ4n) is 2.09. The van der Waals surface area contributed by atoms with Crippen LogP contribution in [-0.2, 0) is 9.53 Å². The zero-order chi connectivity index (χ0) is 12.7. The minimum atomic E-state index is -0.501. The van der Waals surface area contributed by atoms with E-state index >= 15 is 0 Å². The number of nitrogens with two attached hydrogens (primary N) is 2. The number of unbranched alkanes of at least 4 members (excludes halogenated alkanes) is 1. The molecule has 5 heteroatoms. The minimum Gasteiger partial charge on any atom is -0.379 e. The largest absolute Gasteiger partial charge is 0.379 e. The first-order valence-electron chi connectivity index (χ1n) is 6.46. The highest BCUT2D eigenvalue weighted by atomic mass is 16.5. The minimum absolute atomic E-state index is 0.178. The molecule has 0 radical (unpaired) electrons. The highest BCUT2D eigenvalue weighted by Gasteiger charge is 2.17. The second-order valence-corrected chi connectivity index (χ2v) is 4.86. The lowest BCUT2D eigenvalue weighted by Gasteiger charge is -2.26. The number of morpholine rings is 1. The maximum absolute atomic E-state index is 10.9. The molecule has 0 unspecified atom stereocenters. The summed E-state index contributed by atoms with van der Waals surface area (Å²) >= 11 is 0. The van der Waals surface area contributed by atoms with Crippen LogP contribution in [0.1, 0.15) is 26.2 Å². The molecule has 0 aromatic carbocycles. The molecule has 1 saturated heterocycles. The second kappa shape index (κ2) is 7.63. The molecule has 5 nitrogen and oxygen atoms in total. The van der Waals surface area contributed by atoms with Crippen molar-refractivity contribution in [3.05, 3.63) is 0 Å². The molecule has 100 valence electrons. The van der Waals surface area contributed by atoms with Crippen LogP contribution in [0.25, 0.3) is 0 Å². The molecule has 1 aliphatic rings. The van der Waals surface area contributed by atoms with E-state index in [0.29, 0.717) is 0 Å². The van der Waals surface area contributed by atoms with E-state index in [1.807, 2.05) is 6.92 Å². The molecule has 1 heterocycles. The highest BCUT2D eigenvalue weighted by Crippen LogP contribution is 2.11. The predicted octanol–water partition coefficient (Wildman–Crippen LogP) is -0.0624. The van der Waals surface area contributed by atoms with Crippen LogP contribution in [0.5, 0.6) is 0 Å². The third kappa shape index (κ3) is 5.48. The number of amides is 1. The van der Waals surface area contributed by atoms with Crippen LogP contribution in [0, 0.1) is 5.92 Å². The fourth-order valence-corrected chi connectivity index (χ4v) is 2.09. The number of nitrogens with zero attached hydrogens (tertiary/aromatic N) is 1. The van der Waals surface area contributed by atoms with Gasteiger partial charge in [-0.3, -0.25) is 9.69 Å². The zero-order valence-corrected chi connectivity index (χ0v) is 10.7. The molecule has 2 atom stereocenters. The van der Waals surface area contributed by atoms with Gasteiger partial charge in [-0.2, -0.15) is 0 Å². The molecular formula is C12H25N3O2. The third-order valence-electron chi connectivity index (χ3n) is 3.43. The Labute approximate surface area is 103 Å². The Hall–Kier alpha value is -0.650. The standard InChI is InChI=1S/C12H25N3O2/c1-10(11(13)12(14)16)4-2-3-5-15-6-8-17-9-7-15/h10-11H,2-9,13H2,1H3,(H2,14,16)/t10-,11-/m1/s1. The van der Waals surface area contributed by atoms with Gasteiger partial charge >= 0.3 is 0 Å². The van der Waals surface area contributed by atoms with Crippen molar-refractivity contribution in [1.29, 1.82) is 0 Å². The molecule has 1 aliphatic heterocycles. The molecule has 0 spiro atoms. The van der Waals surface area contributed by atoms with Crippen molar-refractivity contribution in [3.63, 3.8) is 0 Å². The van der Waals surface area contributed by atoms with Gasteiger partial charge in [0.2, 0.25) is 5.91 Å². The van der Waals surface area contributed by atoms with Crippen molar-refractivity contribution in [1.82, 2.24) is 4.90 Å². The van der Waals surface area contributed by atoms with Crippen LogP contribution >= 0.6 is 0 Å². The average Bonchev–Trinajstić information content (AvgIpc) is 2.34. The van der Waals surface area contributed by atoms with Gasteiger partial charge in [-0.25, -0.2) is 0 Å². The van der Waals surface area contributed by atoms with Gasteiger partial charge in [-0.15, -0.1) is 0 Å². The average molecular weight is 243 g/mol. The summed E-state index contributed by atoms with van der Waals surface area (Å²) in [7, 11) is 0. The Bertz CT molecular complexity index is 230. The smallest absolute Gasteiger partial charge is 0.234 e. The molecule has 0 aliphatic carbocycles. The Kier molecular flexibility index (Phi) is 6.47. The first kappa shape index (κ1) is 14.4. The molecule has 4 N–H and O–H groups in total. The van der Waals surface area contributed by atoms with Crippen LogP contribution in [-0.4, -0.2) is 49.7 Å². The molecule has 0 aromatic heterocycles. The fraction of sp³-hybridized carbons (Fsp3) is 0.917. The van der Waals surface area contributed by atoms with Crippen molar-refractivity contribution >= 4 is 5.91 Å². The summed E-state index contributed by atoms with van der Waals surface area (Å²) in [6, 6.07) is -0.501. The Morgan fingerprint density at radius 2 is 2.00 bits per heavy atom. The normalized spacial score (nSPS) is 21.1. The van der Waals surface area contributed by atoms with E-state index in [0.717, 1.165) is 52.1 Å². The van der Waals surface area contributed by atoms with Gasteiger partial charge in [0.15, 0.2) is 0 Å². The van der Waals surface area contributed by atoms with Crippen LogP contribution < -0.4 is 11.5 Å². The number of rotatable bonds is 7. The Morgan fingerprint density at radius 1 is 1.35 bits per heavy atom. The predicted molar refractivity (Wildman–Crippen MR) is 67.4 cm³/mol. The quantitative estimate of drug-likeness (QED) is 0.614. The first-order valence-corrected chi connectivity index (χ1v) is 6.46. The molecule has 1 rings (SSSR count). The van der Waals surface area contributed by atoms with E-state index in [1.54, 1.807) is 0 Å². The second-order valence-electron chi connectivity index (χ2n) is 4.86. The van der Waals surface area contributed by atoms with E-state index in [-0.39, 0.29) is 5.92 Å². The summed E-state index contributed by atoms with van der Waals surface area (Å²) in [5, 5.41) is 0. The van der Waals surface area contributed by atoms with E-state index in [1.165, 1.54) is 0 Å². The first-order chi connectivity index (χ1) is 8.11. The number of carbonyl (C=O) groups excluding carboxylic acids is 1. The summed E-state index contributed by atoms with van der Waals surface area (Å²) in [6.45, 7) is 6.88. The van der Waals surface area contributed by atoms with Gasteiger partial charge in [0.1, 0.15) is 0 Å². The zero-order valence-electron chi connectivity index (χ0n) is 10.7. The Morgan fingerprint density at radius 3 is 2.59 bits per heavy atom.